The topological polar surface area (TPSA) is 54.4 Å². The highest BCUT2D eigenvalue weighted by Crippen LogP contribution is 2.31. The summed E-state index contributed by atoms with van der Waals surface area (Å²) in [7, 11) is 0. The second-order valence-corrected chi connectivity index (χ2v) is 5.49. The normalized spacial score (nSPS) is 11.2. The molecule has 0 aromatic heterocycles. The lowest BCUT2D eigenvalue weighted by atomic mass is 9.80. The van der Waals surface area contributed by atoms with Crippen molar-refractivity contribution in [1.82, 2.24) is 0 Å². The fourth-order valence-corrected chi connectivity index (χ4v) is 2.40. The molecule has 3 heteroatoms. The molecule has 3 nitrogen and oxygen atoms in total. The third kappa shape index (κ3) is 2.51. The summed E-state index contributed by atoms with van der Waals surface area (Å²) in [4.78, 5) is 24.9. The van der Waals surface area contributed by atoms with E-state index in [2.05, 4.69) is 13.2 Å². The van der Waals surface area contributed by atoms with Crippen molar-refractivity contribution in [3.63, 3.8) is 0 Å². The molecule has 0 saturated carbocycles. The summed E-state index contributed by atoms with van der Waals surface area (Å²) in [6.45, 7) is 10.1. The van der Waals surface area contributed by atoms with Crippen LogP contribution in [0, 0.1) is 0 Å². The first-order valence-electron chi connectivity index (χ1n) is 6.90. The Bertz CT molecular complexity index is 773. The Balaban J connectivity index is 2.71. The van der Waals surface area contributed by atoms with Crippen LogP contribution in [0.5, 0.6) is 0 Å². The third-order valence-corrected chi connectivity index (χ3v) is 3.60. The summed E-state index contributed by atoms with van der Waals surface area (Å²) in [6.07, 6.45) is 0. The zero-order valence-corrected chi connectivity index (χ0v) is 12.7. The lowest BCUT2D eigenvalue weighted by Crippen LogP contribution is -2.44. The van der Waals surface area contributed by atoms with E-state index in [0.717, 1.165) is 10.8 Å². The van der Waals surface area contributed by atoms with E-state index in [1.807, 2.05) is 24.3 Å². The predicted molar refractivity (Wildman–Crippen MR) is 87.5 cm³/mol. The van der Waals surface area contributed by atoms with E-state index in [0.29, 0.717) is 0 Å². The second-order valence-electron chi connectivity index (χ2n) is 5.49. The molecule has 0 atom stereocenters. The van der Waals surface area contributed by atoms with Gasteiger partial charge >= 0.3 is 0 Å². The zero-order valence-electron chi connectivity index (χ0n) is 12.7. The predicted octanol–water partition coefficient (Wildman–Crippen LogP) is 3.32. The number of hydrogen-bond donors (Lipinski definition) is 1. The number of aliphatic hydroxyl groups is 1. The molecule has 0 unspecified atom stereocenters. The summed E-state index contributed by atoms with van der Waals surface area (Å²) in [5, 5.41) is 12.7. The molecule has 0 radical (unpaired) electrons. The van der Waals surface area contributed by atoms with Crippen molar-refractivity contribution in [2.75, 3.05) is 0 Å². The Hall–Kier alpha value is -2.52. The Morgan fingerprint density at radius 2 is 1.41 bits per heavy atom. The lowest BCUT2D eigenvalue weighted by Gasteiger charge is -2.26. The zero-order chi connectivity index (χ0) is 16.5. The van der Waals surface area contributed by atoms with Gasteiger partial charge in [0, 0.05) is 0 Å². The van der Waals surface area contributed by atoms with Crippen LogP contribution in [0.4, 0.5) is 0 Å². The molecule has 1 N–H and O–H groups in total. The van der Waals surface area contributed by atoms with E-state index in [9.17, 15) is 14.7 Å². The van der Waals surface area contributed by atoms with Gasteiger partial charge in [0.25, 0.3) is 0 Å². The average molecular weight is 294 g/mol. The van der Waals surface area contributed by atoms with Crippen molar-refractivity contribution in [3.05, 3.63) is 72.3 Å². The van der Waals surface area contributed by atoms with Crippen LogP contribution in [0.3, 0.4) is 0 Å². The fraction of sp³-hybridized carbons (Fsp3) is 0.158. The highest BCUT2D eigenvalue weighted by atomic mass is 16.3. The Kier molecular flexibility index (Phi) is 4.11. The number of carbonyl (C=O) groups excluding carboxylic acids is 2. The Labute approximate surface area is 129 Å². The average Bonchev–Trinajstić information content (AvgIpc) is 2.51. The van der Waals surface area contributed by atoms with E-state index in [1.165, 1.54) is 13.8 Å². The van der Waals surface area contributed by atoms with E-state index in [1.54, 1.807) is 18.2 Å². The number of hydrogen-bond acceptors (Lipinski definition) is 3. The molecule has 0 amide bonds. The number of rotatable bonds is 5. The number of ketones is 2. The molecular weight excluding hydrogens is 276 g/mol. The molecule has 0 saturated heterocycles. The second kappa shape index (κ2) is 5.70. The van der Waals surface area contributed by atoms with Gasteiger partial charge in [0.1, 0.15) is 0 Å². The minimum atomic E-state index is -2.28. The number of Topliss-reactive ketones (excluding diaryl/α,β-unsaturated/α-hetero) is 2. The molecule has 112 valence electrons. The van der Waals surface area contributed by atoms with Gasteiger partial charge in [-0.2, -0.15) is 0 Å². The van der Waals surface area contributed by atoms with Crippen molar-refractivity contribution in [2.24, 2.45) is 0 Å². The highest BCUT2D eigenvalue weighted by Gasteiger charge is 2.45. The molecule has 0 bridgehead atoms. The van der Waals surface area contributed by atoms with Gasteiger partial charge in [-0.1, -0.05) is 49.6 Å². The molecule has 2 aromatic rings. The number of fused-ring (bicyclic) bond motifs is 1. The van der Waals surface area contributed by atoms with Crippen LogP contribution in [-0.2, 0) is 15.2 Å². The van der Waals surface area contributed by atoms with Gasteiger partial charge in [-0.25, -0.2) is 0 Å². The van der Waals surface area contributed by atoms with E-state index in [-0.39, 0.29) is 16.7 Å². The maximum absolute atomic E-state index is 12.4. The first-order valence-corrected chi connectivity index (χ1v) is 6.90. The summed E-state index contributed by atoms with van der Waals surface area (Å²) in [5.74, 6) is -1.42. The smallest absolute Gasteiger partial charge is 0.215 e. The summed E-state index contributed by atoms with van der Waals surface area (Å²) in [6, 6.07) is 12.5. The van der Waals surface area contributed by atoms with E-state index < -0.39 is 17.2 Å². The molecule has 0 aliphatic carbocycles. The van der Waals surface area contributed by atoms with Gasteiger partial charge in [-0.05, 0) is 47.4 Å². The molecule has 2 rings (SSSR count). The van der Waals surface area contributed by atoms with Gasteiger partial charge in [-0.3, -0.25) is 9.59 Å². The summed E-state index contributed by atoms with van der Waals surface area (Å²) >= 11 is 0. The summed E-state index contributed by atoms with van der Waals surface area (Å²) in [5.41, 5.74) is -1.82. The van der Waals surface area contributed by atoms with Crippen molar-refractivity contribution < 1.29 is 14.7 Å². The van der Waals surface area contributed by atoms with Gasteiger partial charge in [0.15, 0.2) is 0 Å². The van der Waals surface area contributed by atoms with Crippen LogP contribution in [0.1, 0.15) is 19.4 Å². The van der Waals surface area contributed by atoms with Crippen LogP contribution in [0.25, 0.3) is 10.8 Å². The maximum atomic E-state index is 12.4. The van der Waals surface area contributed by atoms with Gasteiger partial charge in [-0.15, -0.1) is 0 Å². The Morgan fingerprint density at radius 3 is 1.91 bits per heavy atom. The molecular formula is C19H18O3. The molecule has 0 aliphatic heterocycles. The quantitative estimate of drug-likeness (QED) is 0.680. The van der Waals surface area contributed by atoms with Crippen LogP contribution >= 0.6 is 0 Å². The molecule has 0 heterocycles. The largest absolute Gasteiger partial charge is 0.370 e. The van der Waals surface area contributed by atoms with Crippen LogP contribution in [-0.4, -0.2) is 16.7 Å². The van der Waals surface area contributed by atoms with Crippen molar-refractivity contribution in [1.29, 1.82) is 0 Å². The fourth-order valence-electron chi connectivity index (χ4n) is 2.40. The molecule has 0 spiro atoms. The van der Waals surface area contributed by atoms with Gasteiger partial charge in [0.2, 0.25) is 17.2 Å². The maximum Gasteiger partial charge on any atom is 0.215 e. The third-order valence-electron chi connectivity index (χ3n) is 3.60. The van der Waals surface area contributed by atoms with E-state index in [4.69, 9.17) is 0 Å². The number of benzene rings is 2. The lowest BCUT2D eigenvalue weighted by molar-refractivity contribution is -0.147. The van der Waals surface area contributed by atoms with Crippen molar-refractivity contribution >= 4 is 22.3 Å². The molecule has 0 fully saturated rings. The minimum absolute atomic E-state index is 0.116. The first kappa shape index (κ1) is 15.9. The first-order chi connectivity index (χ1) is 10.3. The summed E-state index contributed by atoms with van der Waals surface area (Å²) < 4.78 is 0. The van der Waals surface area contributed by atoms with Gasteiger partial charge in [0.05, 0.1) is 0 Å². The van der Waals surface area contributed by atoms with Crippen molar-refractivity contribution in [2.45, 2.75) is 19.4 Å². The minimum Gasteiger partial charge on any atom is -0.370 e. The monoisotopic (exact) mass is 294 g/mol. The SMILES string of the molecule is C=C(C)C(=O)C(O)(C(=O)C(=C)C)c1ccc2ccccc2c1. The number of carbonyl (C=O) groups is 2. The van der Waals surface area contributed by atoms with Gasteiger partial charge < -0.3 is 5.11 Å². The standard InChI is InChI=1S/C19H18O3/c1-12(2)17(20)19(22,18(21)13(3)4)16-10-9-14-7-5-6-8-15(14)11-16/h5-11,22H,1,3H2,2,4H3. The van der Waals surface area contributed by atoms with Crippen LogP contribution in [0.15, 0.2) is 66.8 Å². The van der Waals surface area contributed by atoms with Crippen LogP contribution in [0.2, 0.25) is 0 Å². The molecule has 22 heavy (non-hydrogen) atoms. The highest BCUT2D eigenvalue weighted by molar-refractivity contribution is 6.21. The molecule has 0 aliphatic rings. The van der Waals surface area contributed by atoms with E-state index >= 15 is 0 Å². The van der Waals surface area contributed by atoms with Crippen molar-refractivity contribution in [3.8, 4) is 0 Å². The van der Waals surface area contributed by atoms with Crippen LogP contribution < -0.4 is 0 Å². The Morgan fingerprint density at radius 1 is 0.909 bits per heavy atom. The molecule has 2 aromatic carbocycles.